The van der Waals surface area contributed by atoms with Gasteiger partial charge in [0.2, 0.25) is 0 Å². The summed E-state index contributed by atoms with van der Waals surface area (Å²) < 4.78 is 45.8. The molecular formula is C24H31F3N4O2. The van der Waals surface area contributed by atoms with Gasteiger partial charge in [0.1, 0.15) is 0 Å². The molecule has 2 aromatic rings. The van der Waals surface area contributed by atoms with Crippen molar-refractivity contribution in [3.05, 3.63) is 52.3 Å². The van der Waals surface area contributed by atoms with Gasteiger partial charge in [-0.25, -0.2) is 0 Å². The standard InChI is InChI=1S/C24H31F3N4O2/c1-16(2)15-31-21-8-7-19(28-14-17-3-5-18(6-4-17)24(25,26)27)13-20(21)22(29-31)23(32)30-9-11-33-12-10-30/h3-6,16,19,28H,7-15H2,1-2H3. The molecule has 0 radical (unpaired) electrons. The molecule has 2 aliphatic rings. The zero-order valence-electron chi connectivity index (χ0n) is 19.1. The average molecular weight is 465 g/mol. The zero-order chi connectivity index (χ0) is 23.6. The summed E-state index contributed by atoms with van der Waals surface area (Å²) in [5.41, 5.74) is 2.83. The van der Waals surface area contributed by atoms with Crippen LogP contribution in [0.25, 0.3) is 0 Å². The lowest BCUT2D eigenvalue weighted by atomic mass is 9.90. The van der Waals surface area contributed by atoms with Crippen LogP contribution in [0.4, 0.5) is 13.2 Å². The van der Waals surface area contributed by atoms with Crippen molar-refractivity contribution in [2.75, 3.05) is 26.3 Å². The molecule has 1 amide bonds. The fourth-order valence-electron chi connectivity index (χ4n) is 4.52. The highest BCUT2D eigenvalue weighted by Crippen LogP contribution is 2.30. The lowest BCUT2D eigenvalue weighted by molar-refractivity contribution is -0.137. The molecule has 1 N–H and O–H groups in total. The van der Waals surface area contributed by atoms with E-state index in [1.165, 1.54) is 12.1 Å². The summed E-state index contributed by atoms with van der Waals surface area (Å²) in [6.07, 6.45) is -1.94. The Morgan fingerprint density at radius 1 is 1.21 bits per heavy atom. The van der Waals surface area contributed by atoms with E-state index in [9.17, 15) is 18.0 Å². The zero-order valence-corrected chi connectivity index (χ0v) is 19.1. The second kappa shape index (κ2) is 9.85. The molecule has 1 saturated heterocycles. The summed E-state index contributed by atoms with van der Waals surface area (Å²) in [7, 11) is 0. The van der Waals surface area contributed by atoms with Crippen LogP contribution >= 0.6 is 0 Å². The van der Waals surface area contributed by atoms with Crippen LogP contribution in [0, 0.1) is 5.92 Å². The summed E-state index contributed by atoms with van der Waals surface area (Å²) in [6, 6.07) is 5.39. The number of halogens is 3. The molecule has 4 rings (SSSR count). The molecule has 9 heteroatoms. The second-order valence-corrected chi connectivity index (χ2v) is 9.27. The minimum absolute atomic E-state index is 0.0413. The van der Waals surface area contributed by atoms with Gasteiger partial charge < -0.3 is 15.0 Å². The smallest absolute Gasteiger partial charge is 0.378 e. The summed E-state index contributed by atoms with van der Waals surface area (Å²) in [5.74, 6) is 0.372. The number of morpholine rings is 1. The Morgan fingerprint density at radius 3 is 2.55 bits per heavy atom. The lowest BCUT2D eigenvalue weighted by Crippen LogP contribution is -2.41. The lowest BCUT2D eigenvalue weighted by Gasteiger charge is -2.28. The van der Waals surface area contributed by atoms with Crippen molar-refractivity contribution in [1.29, 1.82) is 0 Å². The summed E-state index contributed by atoms with van der Waals surface area (Å²) in [4.78, 5) is 15.1. The van der Waals surface area contributed by atoms with Crippen molar-refractivity contribution >= 4 is 5.91 Å². The first kappa shape index (κ1) is 23.8. The van der Waals surface area contributed by atoms with Crippen LogP contribution in [0.3, 0.4) is 0 Å². The molecule has 1 aromatic heterocycles. The molecule has 1 aliphatic heterocycles. The van der Waals surface area contributed by atoms with Crippen LogP contribution in [0.5, 0.6) is 0 Å². The maximum absolute atomic E-state index is 13.3. The van der Waals surface area contributed by atoms with Crippen molar-refractivity contribution < 1.29 is 22.7 Å². The normalized spacial score (nSPS) is 19.1. The van der Waals surface area contributed by atoms with E-state index in [4.69, 9.17) is 9.84 Å². The predicted octanol–water partition coefficient (Wildman–Crippen LogP) is 3.68. The van der Waals surface area contributed by atoms with Gasteiger partial charge in [-0.15, -0.1) is 0 Å². The third kappa shape index (κ3) is 5.58. The average Bonchev–Trinajstić information content (AvgIpc) is 3.14. The number of carbonyl (C=O) groups is 1. The maximum atomic E-state index is 13.3. The van der Waals surface area contributed by atoms with Crippen molar-refractivity contribution in [2.45, 2.75) is 58.4 Å². The molecule has 1 atom stereocenters. The van der Waals surface area contributed by atoms with E-state index in [-0.39, 0.29) is 11.9 Å². The van der Waals surface area contributed by atoms with Crippen LogP contribution in [0.1, 0.15) is 53.1 Å². The van der Waals surface area contributed by atoms with E-state index in [2.05, 4.69) is 19.2 Å². The molecule has 1 aliphatic carbocycles. The fraction of sp³-hybridized carbons (Fsp3) is 0.583. The van der Waals surface area contributed by atoms with Gasteiger partial charge >= 0.3 is 6.18 Å². The molecule has 0 spiro atoms. The highest BCUT2D eigenvalue weighted by molar-refractivity contribution is 5.94. The number of nitrogens with one attached hydrogen (secondary N) is 1. The molecule has 180 valence electrons. The van der Waals surface area contributed by atoms with E-state index in [1.807, 2.05) is 9.58 Å². The first-order valence-corrected chi connectivity index (χ1v) is 11.6. The minimum atomic E-state index is -4.33. The number of amides is 1. The molecule has 1 aromatic carbocycles. The molecule has 33 heavy (non-hydrogen) atoms. The number of hydrogen-bond donors (Lipinski definition) is 1. The number of carbonyl (C=O) groups excluding carboxylic acids is 1. The van der Waals surface area contributed by atoms with Crippen LogP contribution in [0.15, 0.2) is 24.3 Å². The number of aromatic nitrogens is 2. The van der Waals surface area contributed by atoms with Gasteiger partial charge in [-0.2, -0.15) is 18.3 Å². The Balaban J connectivity index is 1.48. The molecule has 1 fully saturated rings. The molecular weight excluding hydrogens is 433 g/mol. The van der Waals surface area contributed by atoms with Gasteiger partial charge in [-0.05, 0) is 42.9 Å². The fourth-order valence-corrected chi connectivity index (χ4v) is 4.52. The quantitative estimate of drug-likeness (QED) is 0.709. The predicted molar refractivity (Wildman–Crippen MR) is 118 cm³/mol. The first-order valence-electron chi connectivity index (χ1n) is 11.6. The Hall–Kier alpha value is -2.39. The minimum Gasteiger partial charge on any atom is -0.378 e. The Kier molecular flexibility index (Phi) is 7.09. The van der Waals surface area contributed by atoms with E-state index in [0.29, 0.717) is 50.9 Å². The summed E-state index contributed by atoms with van der Waals surface area (Å²) >= 11 is 0. The van der Waals surface area contributed by atoms with Gasteiger partial charge in [-0.1, -0.05) is 26.0 Å². The Labute approximate surface area is 192 Å². The van der Waals surface area contributed by atoms with Crippen molar-refractivity contribution in [1.82, 2.24) is 20.0 Å². The number of benzene rings is 1. The van der Waals surface area contributed by atoms with Crippen LogP contribution in [-0.2, 0) is 36.8 Å². The summed E-state index contributed by atoms with van der Waals surface area (Å²) in [6.45, 7) is 7.73. The first-order chi connectivity index (χ1) is 15.7. The Morgan fingerprint density at radius 2 is 1.91 bits per heavy atom. The summed E-state index contributed by atoms with van der Waals surface area (Å²) in [5, 5.41) is 8.21. The number of rotatable bonds is 6. The van der Waals surface area contributed by atoms with E-state index in [0.717, 1.165) is 48.3 Å². The molecule has 1 unspecified atom stereocenters. The van der Waals surface area contributed by atoms with Gasteiger partial charge in [-0.3, -0.25) is 9.48 Å². The van der Waals surface area contributed by atoms with Crippen LogP contribution in [-0.4, -0.2) is 52.9 Å². The SMILES string of the molecule is CC(C)Cn1nc(C(=O)N2CCOCC2)c2c1CCC(NCc1ccc(C(F)(F)F)cc1)C2. The number of fused-ring (bicyclic) bond motifs is 1. The van der Waals surface area contributed by atoms with Crippen molar-refractivity contribution in [3.8, 4) is 0 Å². The molecule has 6 nitrogen and oxygen atoms in total. The number of nitrogens with zero attached hydrogens (tertiary/aromatic N) is 3. The molecule has 0 bridgehead atoms. The van der Waals surface area contributed by atoms with Gasteiger partial charge in [0.15, 0.2) is 5.69 Å². The highest BCUT2D eigenvalue weighted by Gasteiger charge is 2.32. The molecule has 2 heterocycles. The van der Waals surface area contributed by atoms with Crippen molar-refractivity contribution in [2.24, 2.45) is 5.92 Å². The highest BCUT2D eigenvalue weighted by atomic mass is 19.4. The van der Waals surface area contributed by atoms with E-state index < -0.39 is 11.7 Å². The molecule has 0 saturated carbocycles. The van der Waals surface area contributed by atoms with E-state index >= 15 is 0 Å². The van der Waals surface area contributed by atoms with Crippen LogP contribution in [0.2, 0.25) is 0 Å². The van der Waals surface area contributed by atoms with Gasteiger partial charge in [0.05, 0.1) is 18.8 Å². The topological polar surface area (TPSA) is 59.4 Å². The third-order valence-electron chi connectivity index (χ3n) is 6.26. The van der Waals surface area contributed by atoms with E-state index in [1.54, 1.807) is 0 Å². The maximum Gasteiger partial charge on any atom is 0.416 e. The van der Waals surface area contributed by atoms with Crippen molar-refractivity contribution in [3.63, 3.8) is 0 Å². The third-order valence-corrected chi connectivity index (χ3v) is 6.26. The monoisotopic (exact) mass is 464 g/mol. The number of alkyl halides is 3. The second-order valence-electron chi connectivity index (χ2n) is 9.27. The number of hydrogen-bond acceptors (Lipinski definition) is 4. The van der Waals surface area contributed by atoms with Gasteiger partial charge in [0.25, 0.3) is 5.91 Å². The van der Waals surface area contributed by atoms with Crippen LogP contribution < -0.4 is 5.32 Å². The Bertz CT molecular complexity index is 963. The largest absolute Gasteiger partial charge is 0.416 e. The van der Waals surface area contributed by atoms with Gasteiger partial charge in [0, 0.05) is 43.5 Å². The number of ether oxygens (including phenoxy) is 1.